The molecule has 128 valence electrons. The van der Waals surface area contributed by atoms with Crippen molar-refractivity contribution >= 4 is 17.3 Å². The molecule has 2 rings (SSSR count). The van der Waals surface area contributed by atoms with E-state index < -0.39 is 0 Å². The maximum atomic E-state index is 12.1. The van der Waals surface area contributed by atoms with Gasteiger partial charge in [-0.25, -0.2) is 0 Å². The maximum Gasteiger partial charge on any atom is 0.226 e. The molecule has 0 unspecified atom stereocenters. The lowest BCUT2D eigenvalue weighted by Gasteiger charge is -2.15. The zero-order valence-corrected chi connectivity index (χ0v) is 14.6. The molecule has 0 saturated heterocycles. The number of benzene rings is 2. The van der Waals surface area contributed by atoms with Gasteiger partial charge in [0.15, 0.2) is 0 Å². The van der Waals surface area contributed by atoms with Crippen LogP contribution in [-0.4, -0.2) is 18.6 Å². The van der Waals surface area contributed by atoms with Gasteiger partial charge in [0.1, 0.15) is 5.75 Å². The fraction of sp³-hybridized carbons (Fsp3) is 0.350. The van der Waals surface area contributed by atoms with Crippen molar-refractivity contribution in [3.05, 3.63) is 54.1 Å². The number of hydrogen-bond acceptors (Lipinski definition) is 3. The number of rotatable bonds is 8. The Balaban J connectivity index is 1.83. The van der Waals surface area contributed by atoms with Crippen LogP contribution in [0.3, 0.4) is 0 Å². The molecule has 0 aliphatic rings. The topological polar surface area (TPSA) is 50.4 Å². The highest BCUT2D eigenvalue weighted by Crippen LogP contribution is 2.24. The third-order valence-electron chi connectivity index (χ3n) is 3.57. The third-order valence-corrected chi connectivity index (χ3v) is 3.57. The van der Waals surface area contributed by atoms with E-state index in [9.17, 15) is 4.79 Å². The molecule has 0 bridgehead atoms. The molecule has 1 amide bonds. The van der Waals surface area contributed by atoms with Gasteiger partial charge < -0.3 is 15.4 Å². The standard InChI is InChI=1S/C20H26N2O2/c1-4-16-9-11-17(12-10-16)21-14-13-20(23)22-18-7-5-6-8-19(18)24-15(2)3/h5-12,15,21H,4,13-14H2,1-3H3,(H,22,23). The summed E-state index contributed by atoms with van der Waals surface area (Å²) in [6.45, 7) is 6.65. The minimum Gasteiger partial charge on any atom is -0.489 e. The molecule has 24 heavy (non-hydrogen) atoms. The van der Waals surface area contributed by atoms with Crippen LogP contribution in [-0.2, 0) is 11.2 Å². The highest BCUT2D eigenvalue weighted by molar-refractivity contribution is 5.92. The van der Waals surface area contributed by atoms with Crippen LogP contribution in [0.25, 0.3) is 0 Å². The Labute approximate surface area is 144 Å². The van der Waals surface area contributed by atoms with Crippen LogP contribution in [0.1, 0.15) is 32.8 Å². The summed E-state index contributed by atoms with van der Waals surface area (Å²) in [5.41, 5.74) is 3.05. The largest absolute Gasteiger partial charge is 0.489 e. The number of carbonyl (C=O) groups excluding carboxylic acids is 1. The lowest BCUT2D eigenvalue weighted by molar-refractivity contribution is -0.116. The zero-order valence-electron chi connectivity index (χ0n) is 14.6. The minimum absolute atomic E-state index is 0.0347. The first-order valence-corrected chi connectivity index (χ1v) is 8.47. The smallest absolute Gasteiger partial charge is 0.226 e. The molecule has 0 fully saturated rings. The van der Waals surface area contributed by atoms with Gasteiger partial charge in [-0.3, -0.25) is 4.79 Å². The molecular formula is C20H26N2O2. The number of nitrogens with one attached hydrogen (secondary N) is 2. The minimum atomic E-state index is -0.0347. The Morgan fingerprint density at radius 3 is 2.46 bits per heavy atom. The van der Waals surface area contributed by atoms with Gasteiger partial charge in [-0.15, -0.1) is 0 Å². The average molecular weight is 326 g/mol. The number of ether oxygens (including phenoxy) is 1. The molecule has 0 atom stereocenters. The molecule has 0 aromatic heterocycles. The molecule has 0 heterocycles. The highest BCUT2D eigenvalue weighted by atomic mass is 16.5. The number of aryl methyl sites for hydroxylation is 1. The summed E-state index contributed by atoms with van der Waals surface area (Å²) in [7, 11) is 0. The van der Waals surface area contributed by atoms with Crippen molar-refractivity contribution in [1.82, 2.24) is 0 Å². The summed E-state index contributed by atoms with van der Waals surface area (Å²) in [5.74, 6) is 0.663. The summed E-state index contributed by atoms with van der Waals surface area (Å²) in [4.78, 5) is 12.1. The molecule has 2 N–H and O–H groups in total. The van der Waals surface area contributed by atoms with Gasteiger partial charge in [0.05, 0.1) is 11.8 Å². The summed E-state index contributed by atoms with van der Waals surface area (Å²) in [6.07, 6.45) is 1.49. The molecular weight excluding hydrogens is 300 g/mol. The quantitative estimate of drug-likeness (QED) is 0.752. The van der Waals surface area contributed by atoms with E-state index in [1.807, 2.05) is 50.2 Å². The Morgan fingerprint density at radius 2 is 1.79 bits per heavy atom. The third kappa shape index (κ3) is 5.61. The van der Waals surface area contributed by atoms with E-state index in [2.05, 4.69) is 29.7 Å². The van der Waals surface area contributed by atoms with Crippen LogP contribution in [0.4, 0.5) is 11.4 Å². The van der Waals surface area contributed by atoms with E-state index in [-0.39, 0.29) is 12.0 Å². The lowest BCUT2D eigenvalue weighted by Crippen LogP contribution is -2.17. The van der Waals surface area contributed by atoms with Crippen LogP contribution in [0.5, 0.6) is 5.75 Å². The SMILES string of the molecule is CCc1ccc(NCCC(=O)Nc2ccccc2OC(C)C)cc1. The van der Waals surface area contributed by atoms with Gasteiger partial charge in [-0.05, 0) is 50.1 Å². The first-order chi connectivity index (χ1) is 11.6. The Hall–Kier alpha value is -2.49. The van der Waals surface area contributed by atoms with Crippen LogP contribution >= 0.6 is 0 Å². The van der Waals surface area contributed by atoms with Crippen molar-refractivity contribution in [3.8, 4) is 5.75 Å². The Kier molecular flexibility index (Phi) is 6.67. The monoisotopic (exact) mass is 326 g/mol. The van der Waals surface area contributed by atoms with Crippen molar-refractivity contribution < 1.29 is 9.53 Å². The molecule has 0 saturated carbocycles. The van der Waals surface area contributed by atoms with Gasteiger partial charge in [-0.2, -0.15) is 0 Å². The summed E-state index contributed by atoms with van der Waals surface area (Å²) in [6, 6.07) is 15.8. The number of para-hydroxylation sites is 2. The van der Waals surface area contributed by atoms with E-state index >= 15 is 0 Å². The van der Waals surface area contributed by atoms with Crippen LogP contribution in [0.15, 0.2) is 48.5 Å². The fourth-order valence-corrected chi connectivity index (χ4v) is 2.32. The van der Waals surface area contributed by atoms with Gasteiger partial charge >= 0.3 is 0 Å². The van der Waals surface area contributed by atoms with Gasteiger partial charge in [0.2, 0.25) is 5.91 Å². The number of carbonyl (C=O) groups is 1. The van der Waals surface area contributed by atoms with Crippen molar-refractivity contribution in [1.29, 1.82) is 0 Å². The summed E-state index contributed by atoms with van der Waals surface area (Å²) >= 11 is 0. The second-order valence-electron chi connectivity index (χ2n) is 5.94. The molecule has 0 aliphatic heterocycles. The average Bonchev–Trinajstić information content (AvgIpc) is 2.57. The van der Waals surface area contributed by atoms with Gasteiger partial charge in [0.25, 0.3) is 0 Å². The van der Waals surface area contributed by atoms with Crippen LogP contribution in [0, 0.1) is 0 Å². The molecule has 2 aromatic carbocycles. The van der Waals surface area contributed by atoms with E-state index in [1.165, 1.54) is 5.56 Å². The fourth-order valence-electron chi connectivity index (χ4n) is 2.32. The number of anilines is 2. The Morgan fingerprint density at radius 1 is 1.08 bits per heavy atom. The van der Waals surface area contributed by atoms with Crippen molar-refractivity contribution in [2.45, 2.75) is 39.7 Å². The number of amides is 1. The maximum absolute atomic E-state index is 12.1. The lowest BCUT2D eigenvalue weighted by atomic mass is 10.1. The van der Waals surface area contributed by atoms with E-state index in [4.69, 9.17) is 4.74 Å². The van der Waals surface area contributed by atoms with E-state index in [0.717, 1.165) is 12.1 Å². The molecule has 2 aromatic rings. The normalized spacial score (nSPS) is 10.5. The molecule has 0 spiro atoms. The van der Waals surface area contributed by atoms with Crippen LogP contribution < -0.4 is 15.4 Å². The zero-order chi connectivity index (χ0) is 17.4. The Bertz CT molecular complexity index is 651. The summed E-state index contributed by atoms with van der Waals surface area (Å²) < 4.78 is 5.71. The second kappa shape index (κ2) is 8.96. The highest BCUT2D eigenvalue weighted by Gasteiger charge is 2.08. The van der Waals surface area contributed by atoms with Gasteiger partial charge in [0, 0.05) is 18.7 Å². The first kappa shape index (κ1) is 17.9. The molecule has 0 radical (unpaired) electrons. The molecule has 4 nitrogen and oxygen atoms in total. The second-order valence-corrected chi connectivity index (χ2v) is 5.94. The van der Waals surface area contributed by atoms with Crippen molar-refractivity contribution in [2.75, 3.05) is 17.2 Å². The predicted octanol–water partition coefficient (Wildman–Crippen LogP) is 4.48. The van der Waals surface area contributed by atoms with Crippen LogP contribution in [0.2, 0.25) is 0 Å². The van der Waals surface area contributed by atoms with Crippen molar-refractivity contribution in [2.24, 2.45) is 0 Å². The first-order valence-electron chi connectivity index (χ1n) is 8.47. The van der Waals surface area contributed by atoms with E-state index in [0.29, 0.717) is 24.4 Å². The molecule has 0 aliphatic carbocycles. The van der Waals surface area contributed by atoms with Crippen molar-refractivity contribution in [3.63, 3.8) is 0 Å². The van der Waals surface area contributed by atoms with E-state index in [1.54, 1.807) is 0 Å². The van der Waals surface area contributed by atoms with Gasteiger partial charge in [-0.1, -0.05) is 31.2 Å². The predicted molar refractivity (Wildman–Crippen MR) is 99.8 cm³/mol. The molecule has 4 heteroatoms. The summed E-state index contributed by atoms with van der Waals surface area (Å²) in [5, 5.41) is 6.18. The number of hydrogen-bond donors (Lipinski definition) is 2.